The summed E-state index contributed by atoms with van der Waals surface area (Å²) in [5.41, 5.74) is 0. The maximum absolute atomic E-state index is 2.40. The molecule has 0 aliphatic rings. The van der Waals surface area contributed by atoms with Gasteiger partial charge in [0.15, 0.2) is 0 Å². The summed E-state index contributed by atoms with van der Waals surface area (Å²) in [4.78, 5) is 0. The third kappa shape index (κ3) is 20.1. The van der Waals surface area contributed by atoms with Crippen molar-refractivity contribution in [3.05, 3.63) is 0 Å². The van der Waals surface area contributed by atoms with Gasteiger partial charge >= 0.3 is 0 Å². The Morgan fingerprint density at radius 2 is 0.640 bits per heavy atom. The third-order valence-corrected chi connectivity index (χ3v) is 5.73. The summed E-state index contributed by atoms with van der Waals surface area (Å²) >= 11 is 0. The Kier molecular flexibility index (Phi) is 18.7. The zero-order chi connectivity index (χ0) is 18.6. The molecule has 0 aliphatic carbocycles. The Morgan fingerprint density at radius 3 is 1.00 bits per heavy atom. The van der Waals surface area contributed by atoms with Crippen molar-refractivity contribution in [2.45, 2.75) is 129 Å². The van der Waals surface area contributed by atoms with Crippen molar-refractivity contribution in [1.82, 2.24) is 0 Å². The van der Waals surface area contributed by atoms with Crippen molar-refractivity contribution in [2.75, 3.05) is 27.2 Å². The van der Waals surface area contributed by atoms with Crippen LogP contribution in [-0.2, 0) is 0 Å². The molecule has 0 fully saturated rings. The molecule has 0 heterocycles. The van der Waals surface area contributed by atoms with Crippen LogP contribution in [0.15, 0.2) is 0 Å². The molecule has 25 heavy (non-hydrogen) atoms. The number of hydrogen-bond acceptors (Lipinski definition) is 0. The molecular formula is C24H52N+. The van der Waals surface area contributed by atoms with E-state index in [4.69, 9.17) is 0 Å². The summed E-state index contributed by atoms with van der Waals surface area (Å²) in [6.45, 7) is 7.33. The van der Waals surface area contributed by atoms with Crippen LogP contribution in [0.4, 0.5) is 0 Å². The van der Waals surface area contributed by atoms with E-state index in [2.05, 4.69) is 27.9 Å². The minimum atomic E-state index is 1.23. The van der Waals surface area contributed by atoms with E-state index in [1.165, 1.54) is 133 Å². The van der Waals surface area contributed by atoms with Gasteiger partial charge in [0.1, 0.15) is 0 Å². The fraction of sp³-hybridized carbons (Fsp3) is 1.00. The van der Waals surface area contributed by atoms with E-state index in [1.54, 1.807) is 0 Å². The second kappa shape index (κ2) is 18.7. The quantitative estimate of drug-likeness (QED) is 0.153. The van der Waals surface area contributed by atoms with Crippen LogP contribution >= 0.6 is 0 Å². The van der Waals surface area contributed by atoms with E-state index in [0.717, 1.165) is 0 Å². The van der Waals surface area contributed by atoms with Crippen LogP contribution in [0.3, 0.4) is 0 Å². The van der Waals surface area contributed by atoms with E-state index in [0.29, 0.717) is 0 Å². The lowest BCUT2D eigenvalue weighted by atomic mass is 10.0. The fourth-order valence-electron chi connectivity index (χ4n) is 3.79. The van der Waals surface area contributed by atoms with Crippen molar-refractivity contribution in [2.24, 2.45) is 0 Å². The van der Waals surface area contributed by atoms with Crippen LogP contribution in [0.2, 0.25) is 0 Å². The number of quaternary nitrogens is 1. The zero-order valence-electron chi connectivity index (χ0n) is 18.6. The highest BCUT2D eigenvalue weighted by Crippen LogP contribution is 2.14. The van der Waals surface area contributed by atoms with Gasteiger partial charge in [-0.25, -0.2) is 0 Å². The fourth-order valence-corrected chi connectivity index (χ4v) is 3.79. The van der Waals surface area contributed by atoms with Gasteiger partial charge in [0, 0.05) is 0 Å². The van der Waals surface area contributed by atoms with Crippen LogP contribution in [0.1, 0.15) is 129 Å². The number of rotatable bonds is 20. The number of nitrogens with zero attached hydrogens (tertiary/aromatic N) is 1. The Morgan fingerprint density at radius 1 is 0.360 bits per heavy atom. The van der Waals surface area contributed by atoms with Crippen LogP contribution in [0.25, 0.3) is 0 Å². The highest BCUT2D eigenvalue weighted by Gasteiger charge is 2.12. The molecule has 0 aliphatic heterocycles. The maximum atomic E-state index is 2.40. The van der Waals surface area contributed by atoms with Gasteiger partial charge in [0.2, 0.25) is 0 Å². The molecule has 0 aromatic carbocycles. The van der Waals surface area contributed by atoms with Crippen molar-refractivity contribution in [3.8, 4) is 0 Å². The lowest BCUT2D eigenvalue weighted by Gasteiger charge is -2.29. The van der Waals surface area contributed by atoms with Crippen LogP contribution in [-0.4, -0.2) is 31.7 Å². The Bertz CT molecular complexity index is 246. The van der Waals surface area contributed by atoms with Gasteiger partial charge in [-0.05, 0) is 19.3 Å². The van der Waals surface area contributed by atoms with Gasteiger partial charge in [-0.3, -0.25) is 0 Å². The van der Waals surface area contributed by atoms with E-state index < -0.39 is 0 Å². The monoisotopic (exact) mass is 354 g/mol. The first-order valence-electron chi connectivity index (χ1n) is 11.9. The summed E-state index contributed by atoms with van der Waals surface area (Å²) in [6.07, 6.45) is 26.1. The topological polar surface area (TPSA) is 0 Å². The molecule has 0 atom stereocenters. The molecule has 0 amide bonds. The second-order valence-corrected chi connectivity index (χ2v) is 9.04. The summed E-state index contributed by atoms with van der Waals surface area (Å²) < 4.78 is 1.23. The van der Waals surface area contributed by atoms with Crippen LogP contribution in [0, 0.1) is 0 Å². The maximum Gasteiger partial charge on any atom is 0.0782 e. The molecule has 0 bridgehead atoms. The van der Waals surface area contributed by atoms with Crippen molar-refractivity contribution < 1.29 is 4.48 Å². The van der Waals surface area contributed by atoms with Crippen LogP contribution < -0.4 is 0 Å². The summed E-state index contributed by atoms with van der Waals surface area (Å²) in [5.74, 6) is 0. The number of hydrogen-bond donors (Lipinski definition) is 0. The molecular weight excluding hydrogens is 302 g/mol. The molecule has 0 aromatic heterocycles. The predicted octanol–water partition coefficient (Wildman–Crippen LogP) is 8.12. The molecule has 1 nitrogen and oxygen atoms in total. The summed E-state index contributed by atoms with van der Waals surface area (Å²) in [7, 11) is 4.81. The standard InChI is InChI=1S/C24H52N/c1-5-7-9-10-11-12-13-14-15-16-17-18-19-20-21-22-24-25(3,4)23-8-6-2/h5-24H2,1-4H3/q+1. The molecule has 0 unspecified atom stereocenters. The minimum absolute atomic E-state index is 1.23. The highest BCUT2D eigenvalue weighted by molar-refractivity contribution is 4.50. The van der Waals surface area contributed by atoms with Gasteiger partial charge in [-0.1, -0.05) is 110 Å². The molecule has 0 N–H and O–H groups in total. The van der Waals surface area contributed by atoms with Crippen LogP contribution in [0.5, 0.6) is 0 Å². The number of unbranched alkanes of at least 4 members (excludes halogenated alkanes) is 16. The van der Waals surface area contributed by atoms with Gasteiger partial charge in [0.05, 0.1) is 27.2 Å². The third-order valence-electron chi connectivity index (χ3n) is 5.73. The molecule has 0 rings (SSSR count). The van der Waals surface area contributed by atoms with Gasteiger partial charge in [0.25, 0.3) is 0 Å². The SMILES string of the molecule is CCCCCCCCCCCCCCCCCC[N+](C)(C)CCCC. The Balaban J connectivity index is 3.14. The van der Waals surface area contributed by atoms with Gasteiger partial charge < -0.3 is 4.48 Å². The average Bonchev–Trinajstić information content (AvgIpc) is 2.59. The first kappa shape index (κ1) is 25.0. The lowest BCUT2D eigenvalue weighted by Crippen LogP contribution is -2.41. The average molecular weight is 355 g/mol. The first-order valence-corrected chi connectivity index (χ1v) is 11.9. The summed E-state index contributed by atoms with van der Waals surface area (Å²) in [6, 6.07) is 0. The molecule has 0 aromatic rings. The Labute approximate surface area is 161 Å². The minimum Gasteiger partial charge on any atom is -0.328 e. The lowest BCUT2D eigenvalue weighted by molar-refractivity contribution is -0.890. The van der Waals surface area contributed by atoms with Gasteiger partial charge in [-0.15, -0.1) is 0 Å². The van der Waals surface area contributed by atoms with E-state index in [1.807, 2.05) is 0 Å². The molecule has 1 heteroatoms. The first-order chi connectivity index (χ1) is 12.1. The predicted molar refractivity (Wildman–Crippen MR) is 116 cm³/mol. The highest BCUT2D eigenvalue weighted by atomic mass is 15.3. The summed E-state index contributed by atoms with van der Waals surface area (Å²) in [5, 5.41) is 0. The normalized spacial score (nSPS) is 12.0. The second-order valence-electron chi connectivity index (χ2n) is 9.04. The molecule has 0 spiro atoms. The smallest absolute Gasteiger partial charge is 0.0782 e. The van der Waals surface area contributed by atoms with Gasteiger partial charge in [-0.2, -0.15) is 0 Å². The van der Waals surface area contributed by atoms with E-state index in [9.17, 15) is 0 Å². The zero-order valence-corrected chi connectivity index (χ0v) is 18.6. The van der Waals surface area contributed by atoms with E-state index in [-0.39, 0.29) is 0 Å². The molecule has 152 valence electrons. The van der Waals surface area contributed by atoms with Crippen molar-refractivity contribution in [3.63, 3.8) is 0 Å². The van der Waals surface area contributed by atoms with Crippen molar-refractivity contribution in [1.29, 1.82) is 0 Å². The molecule has 0 saturated heterocycles. The van der Waals surface area contributed by atoms with E-state index >= 15 is 0 Å². The molecule has 0 radical (unpaired) electrons. The molecule has 0 saturated carbocycles. The Hall–Kier alpha value is -0.0400. The largest absolute Gasteiger partial charge is 0.328 e. The van der Waals surface area contributed by atoms with Crippen molar-refractivity contribution >= 4 is 0 Å².